The number of fused-ring (bicyclic) bond motifs is 2. The third kappa shape index (κ3) is 2.90. The van der Waals surface area contributed by atoms with Crippen LogP contribution in [0.4, 0.5) is 0 Å². The van der Waals surface area contributed by atoms with Crippen molar-refractivity contribution in [2.24, 2.45) is 5.73 Å². The minimum absolute atomic E-state index is 0.207. The summed E-state index contributed by atoms with van der Waals surface area (Å²) in [4.78, 5) is 0. The van der Waals surface area contributed by atoms with Crippen molar-refractivity contribution in [1.82, 2.24) is 5.32 Å². The number of nitrogens with two attached hydrogens (primary N) is 1. The molecule has 0 spiro atoms. The average Bonchev–Trinajstić information content (AvgIpc) is 2.55. The predicted octanol–water partition coefficient (Wildman–Crippen LogP) is 2.79. The van der Waals surface area contributed by atoms with E-state index in [0.29, 0.717) is 6.54 Å². The molecule has 0 heterocycles. The fourth-order valence-electron chi connectivity index (χ4n) is 2.87. The van der Waals surface area contributed by atoms with Crippen molar-refractivity contribution >= 4 is 0 Å². The van der Waals surface area contributed by atoms with Gasteiger partial charge < -0.3 is 11.1 Å². The van der Waals surface area contributed by atoms with Gasteiger partial charge in [-0.05, 0) is 29.7 Å². The number of hydrogen-bond donors (Lipinski definition) is 2. The number of rotatable bonds is 4. The molecular formula is C20H20N2. The van der Waals surface area contributed by atoms with E-state index in [1.54, 1.807) is 0 Å². The number of hydrogen-bond acceptors (Lipinski definition) is 2. The molecule has 0 bridgehead atoms. The molecule has 2 aromatic carbocycles. The van der Waals surface area contributed by atoms with Gasteiger partial charge >= 0.3 is 0 Å². The van der Waals surface area contributed by atoms with Crippen LogP contribution < -0.4 is 11.1 Å². The van der Waals surface area contributed by atoms with Crippen molar-refractivity contribution in [1.29, 1.82) is 0 Å². The lowest BCUT2D eigenvalue weighted by molar-refractivity contribution is 0.677. The molecule has 1 aliphatic rings. The zero-order valence-electron chi connectivity index (χ0n) is 12.6. The zero-order chi connectivity index (χ0) is 15.4. The van der Waals surface area contributed by atoms with E-state index in [4.69, 9.17) is 5.73 Å². The van der Waals surface area contributed by atoms with Crippen molar-refractivity contribution < 1.29 is 0 Å². The van der Waals surface area contributed by atoms with Crippen molar-refractivity contribution in [2.75, 3.05) is 13.1 Å². The van der Waals surface area contributed by atoms with Crippen molar-refractivity contribution in [3.8, 4) is 11.8 Å². The Morgan fingerprint density at radius 3 is 2.59 bits per heavy atom. The molecule has 110 valence electrons. The molecule has 2 heteroatoms. The summed E-state index contributed by atoms with van der Waals surface area (Å²) in [7, 11) is 0. The van der Waals surface area contributed by atoms with Gasteiger partial charge in [0.15, 0.2) is 0 Å². The SMILES string of the molecule is C=C(NCCN)C1Cc2ccccc2C#Cc2ccccc21. The highest BCUT2D eigenvalue weighted by molar-refractivity contribution is 5.54. The Labute approximate surface area is 132 Å². The Kier molecular flexibility index (Phi) is 4.27. The summed E-state index contributed by atoms with van der Waals surface area (Å²) in [5.41, 5.74) is 11.3. The maximum Gasteiger partial charge on any atom is 0.0287 e. The van der Waals surface area contributed by atoms with Gasteiger partial charge in [0.25, 0.3) is 0 Å². The summed E-state index contributed by atoms with van der Waals surface area (Å²) >= 11 is 0. The highest BCUT2D eigenvalue weighted by Crippen LogP contribution is 2.31. The normalized spacial score (nSPS) is 15.4. The summed E-state index contributed by atoms with van der Waals surface area (Å²) < 4.78 is 0. The van der Waals surface area contributed by atoms with E-state index < -0.39 is 0 Å². The molecule has 22 heavy (non-hydrogen) atoms. The summed E-state index contributed by atoms with van der Waals surface area (Å²) in [5.74, 6) is 6.83. The van der Waals surface area contributed by atoms with E-state index in [0.717, 1.165) is 29.8 Å². The lowest BCUT2D eigenvalue weighted by Gasteiger charge is -2.24. The van der Waals surface area contributed by atoms with Gasteiger partial charge in [0.05, 0.1) is 0 Å². The van der Waals surface area contributed by atoms with Gasteiger partial charge in [-0.25, -0.2) is 0 Å². The number of allylic oxidation sites excluding steroid dienone is 1. The molecule has 0 aromatic heterocycles. The van der Waals surface area contributed by atoms with Crippen LogP contribution in [0, 0.1) is 11.8 Å². The molecule has 0 fully saturated rings. The minimum atomic E-state index is 0.207. The minimum Gasteiger partial charge on any atom is -0.387 e. The molecule has 3 N–H and O–H groups in total. The second kappa shape index (κ2) is 6.51. The molecule has 2 aromatic rings. The van der Waals surface area contributed by atoms with Crippen LogP contribution in [0.25, 0.3) is 0 Å². The van der Waals surface area contributed by atoms with Crippen LogP contribution in [-0.2, 0) is 6.42 Å². The zero-order valence-corrected chi connectivity index (χ0v) is 12.6. The second-order valence-electron chi connectivity index (χ2n) is 5.49. The molecule has 3 rings (SSSR count). The lowest BCUT2D eigenvalue weighted by Crippen LogP contribution is -2.26. The molecule has 0 saturated heterocycles. The van der Waals surface area contributed by atoms with E-state index in [9.17, 15) is 0 Å². The first-order valence-electron chi connectivity index (χ1n) is 7.61. The summed E-state index contributed by atoms with van der Waals surface area (Å²) in [6.07, 6.45) is 0.901. The van der Waals surface area contributed by atoms with Gasteiger partial charge in [0, 0.05) is 35.8 Å². The molecular weight excluding hydrogens is 268 g/mol. The van der Waals surface area contributed by atoms with E-state index >= 15 is 0 Å². The highest BCUT2D eigenvalue weighted by atomic mass is 14.9. The Hall–Kier alpha value is -2.50. The van der Waals surface area contributed by atoms with Gasteiger partial charge in [0.1, 0.15) is 0 Å². The molecule has 2 nitrogen and oxygen atoms in total. The van der Waals surface area contributed by atoms with E-state index in [2.05, 4.69) is 60.1 Å². The Balaban J connectivity index is 2.07. The smallest absolute Gasteiger partial charge is 0.0287 e. The number of benzene rings is 2. The van der Waals surface area contributed by atoms with Crippen LogP contribution in [0.15, 0.2) is 60.8 Å². The number of nitrogens with one attached hydrogen (secondary N) is 1. The summed E-state index contributed by atoms with van der Waals surface area (Å²) in [5, 5.41) is 3.35. The summed E-state index contributed by atoms with van der Waals surface area (Å²) in [6, 6.07) is 16.7. The second-order valence-corrected chi connectivity index (χ2v) is 5.49. The van der Waals surface area contributed by atoms with Crippen LogP contribution in [0.5, 0.6) is 0 Å². The van der Waals surface area contributed by atoms with Crippen LogP contribution in [-0.4, -0.2) is 13.1 Å². The fourth-order valence-corrected chi connectivity index (χ4v) is 2.87. The van der Waals surface area contributed by atoms with Gasteiger partial charge in [-0.1, -0.05) is 54.8 Å². The standard InChI is InChI=1S/C20H20N2/c1-15(22-13-12-21)20-14-18-8-3-2-6-16(18)10-11-17-7-4-5-9-19(17)20/h2-9,20,22H,1,12-14,21H2. The monoisotopic (exact) mass is 288 g/mol. The third-order valence-corrected chi connectivity index (χ3v) is 4.03. The first-order chi connectivity index (χ1) is 10.8. The van der Waals surface area contributed by atoms with Crippen LogP contribution in [0.3, 0.4) is 0 Å². The Morgan fingerprint density at radius 2 is 1.77 bits per heavy atom. The predicted molar refractivity (Wildman–Crippen MR) is 91.5 cm³/mol. The van der Waals surface area contributed by atoms with Crippen molar-refractivity contribution in [2.45, 2.75) is 12.3 Å². The molecule has 0 aliphatic heterocycles. The molecule has 1 unspecified atom stereocenters. The quantitative estimate of drug-likeness (QED) is 0.849. The van der Waals surface area contributed by atoms with Crippen molar-refractivity contribution in [3.05, 3.63) is 83.1 Å². The molecule has 0 amide bonds. The lowest BCUT2D eigenvalue weighted by atomic mass is 9.84. The van der Waals surface area contributed by atoms with E-state index in [-0.39, 0.29) is 5.92 Å². The van der Waals surface area contributed by atoms with Crippen LogP contribution in [0.1, 0.15) is 28.2 Å². The fraction of sp³-hybridized carbons (Fsp3) is 0.200. The maximum atomic E-state index is 5.61. The van der Waals surface area contributed by atoms with Gasteiger partial charge in [0.2, 0.25) is 0 Å². The first-order valence-corrected chi connectivity index (χ1v) is 7.61. The molecule has 1 aliphatic carbocycles. The first kappa shape index (κ1) is 14.4. The average molecular weight is 288 g/mol. The van der Waals surface area contributed by atoms with Gasteiger partial charge in [-0.15, -0.1) is 0 Å². The van der Waals surface area contributed by atoms with Gasteiger partial charge in [-0.2, -0.15) is 0 Å². The van der Waals surface area contributed by atoms with Crippen molar-refractivity contribution in [3.63, 3.8) is 0 Å². The molecule has 1 atom stereocenters. The van der Waals surface area contributed by atoms with Gasteiger partial charge in [-0.3, -0.25) is 0 Å². The largest absolute Gasteiger partial charge is 0.387 e. The van der Waals surface area contributed by atoms with E-state index in [1.165, 1.54) is 11.1 Å². The Bertz CT molecular complexity index is 750. The Morgan fingerprint density at radius 1 is 1.09 bits per heavy atom. The molecule has 0 saturated carbocycles. The molecule has 0 radical (unpaired) electrons. The maximum absolute atomic E-state index is 5.61. The third-order valence-electron chi connectivity index (χ3n) is 4.03. The van der Waals surface area contributed by atoms with E-state index in [1.807, 2.05) is 12.1 Å². The highest BCUT2D eigenvalue weighted by Gasteiger charge is 2.20. The summed E-state index contributed by atoms with van der Waals surface area (Å²) in [6.45, 7) is 5.59. The van der Waals surface area contributed by atoms with Crippen LogP contribution >= 0.6 is 0 Å². The topological polar surface area (TPSA) is 38.0 Å². The van der Waals surface area contributed by atoms with Crippen LogP contribution in [0.2, 0.25) is 0 Å².